The molecule has 28 heavy (non-hydrogen) atoms. The third-order valence-electron chi connectivity index (χ3n) is 5.15. The van der Waals surface area contributed by atoms with Crippen molar-refractivity contribution in [2.75, 3.05) is 49.7 Å². The van der Waals surface area contributed by atoms with Gasteiger partial charge >= 0.3 is 0 Å². The first-order chi connectivity index (χ1) is 13.7. The largest absolute Gasteiger partial charge is 0.495 e. The van der Waals surface area contributed by atoms with E-state index in [1.54, 1.807) is 25.4 Å². The Hall–Kier alpha value is -2.41. The normalized spacial score (nSPS) is 19.5. The van der Waals surface area contributed by atoms with Crippen molar-refractivity contribution >= 4 is 23.4 Å². The molecule has 0 saturated carbocycles. The number of para-hydroxylation sites is 2. The number of methoxy groups -OCH3 is 1. The molecule has 0 N–H and O–H groups in total. The van der Waals surface area contributed by atoms with E-state index in [9.17, 15) is 4.79 Å². The highest BCUT2D eigenvalue weighted by atomic mass is 32.2. The maximum absolute atomic E-state index is 13.0. The van der Waals surface area contributed by atoms with Crippen LogP contribution in [0.3, 0.4) is 0 Å². The summed E-state index contributed by atoms with van der Waals surface area (Å²) in [6, 6.07) is 11.5. The van der Waals surface area contributed by atoms with Gasteiger partial charge in [0.2, 0.25) is 5.88 Å². The molecule has 7 heteroatoms. The van der Waals surface area contributed by atoms with Crippen molar-refractivity contribution in [3.8, 4) is 11.6 Å². The SMILES string of the molecule is COc1ccccc1N1CCN(C(=O)c2ccnc(O[C@H]3CCSC3)c2)CC1. The number of anilines is 1. The van der Waals surface area contributed by atoms with E-state index in [0.717, 1.165) is 42.5 Å². The summed E-state index contributed by atoms with van der Waals surface area (Å²) in [7, 11) is 1.69. The maximum Gasteiger partial charge on any atom is 0.254 e. The highest BCUT2D eigenvalue weighted by molar-refractivity contribution is 7.99. The summed E-state index contributed by atoms with van der Waals surface area (Å²) in [5, 5.41) is 0. The number of ether oxygens (including phenoxy) is 2. The van der Waals surface area contributed by atoms with Crippen molar-refractivity contribution in [1.29, 1.82) is 0 Å². The number of nitrogens with zero attached hydrogens (tertiary/aromatic N) is 3. The van der Waals surface area contributed by atoms with Gasteiger partial charge < -0.3 is 19.3 Å². The van der Waals surface area contributed by atoms with Gasteiger partial charge in [0.25, 0.3) is 5.91 Å². The summed E-state index contributed by atoms with van der Waals surface area (Å²) >= 11 is 1.89. The van der Waals surface area contributed by atoms with Gasteiger partial charge in [0, 0.05) is 49.8 Å². The van der Waals surface area contributed by atoms with Crippen LogP contribution in [0, 0.1) is 0 Å². The van der Waals surface area contributed by atoms with Gasteiger partial charge in [-0.05, 0) is 30.4 Å². The monoisotopic (exact) mass is 399 g/mol. The Morgan fingerprint density at radius 2 is 2.00 bits per heavy atom. The summed E-state index contributed by atoms with van der Waals surface area (Å²) in [5.41, 5.74) is 1.72. The van der Waals surface area contributed by atoms with Crippen LogP contribution >= 0.6 is 11.8 Å². The Labute approximate surface area is 169 Å². The van der Waals surface area contributed by atoms with Crippen LogP contribution in [0.1, 0.15) is 16.8 Å². The molecule has 1 amide bonds. The molecule has 0 unspecified atom stereocenters. The molecule has 6 nitrogen and oxygen atoms in total. The topological polar surface area (TPSA) is 54.9 Å². The van der Waals surface area contributed by atoms with E-state index in [0.29, 0.717) is 24.5 Å². The molecule has 0 spiro atoms. The Kier molecular flexibility index (Phi) is 5.90. The molecule has 3 heterocycles. The molecule has 2 saturated heterocycles. The van der Waals surface area contributed by atoms with Gasteiger partial charge in [0.05, 0.1) is 12.8 Å². The van der Waals surface area contributed by atoms with Crippen LogP contribution in [0.4, 0.5) is 5.69 Å². The van der Waals surface area contributed by atoms with Crippen LogP contribution in [0.25, 0.3) is 0 Å². The average molecular weight is 400 g/mol. The first-order valence-electron chi connectivity index (χ1n) is 9.62. The second-order valence-electron chi connectivity index (χ2n) is 6.94. The molecule has 4 rings (SSSR count). The lowest BCUT2D eigenvalue weighted by Crippen LogP contribution is -2.48. The molecule has 0 aliphatic carbocycles. The van der Waals surface area contributed by atoms with Crippen molar-refractivity contribution < 1.29 is 14.3 Å². The van der Waals surface area contributed by atoms with E-state index in [1.807, 2.05) is 34.9 Å². The molecule has 0 bridgehead atoms. The Bertz CT molecular complexity index is 818. The molecule has 1 atom stereocenters. The van der Waals surface area contributed by atoms with Crippen molar-refractivity contribution in [3.05, 3.63) is 48.2 Å². The van der Waals surface area contributed by atoms with E-state index >= 15 is 0 Å². The van der Waals surface area contributed by atoms with Gasteiger partial charge in [0.1, 0.15) is 11.9 Å². The van der Waals surface area contributed by atoms with Crippen molar-refractivity contribution in [2.45, 2.75) is 12.5 Å². The van der Waals surface area contributed by atoms with E-state index < -0.39 is 0 Å². The van der Waals surface area contributed by atoms with Crippen LogP contribution in [-0.4, -0.2) is 66.7 Å². The lowest BCUT2D eigenvalue weighted by atomic mass is 10.2. The molecular formula is C21H25N3O3S. The van der Waals surface area contributed by atoms with Crippen LogP contribution in [0.15, 0.2) is 42.6 Å². The van der Waals surface area contributed by atoms with Crippen molar-refractivity contribution in [3.63, 3.8) is 0 Å². The molecule has 0 radical (unpaired) electrons. The minimum atomic E-state index is 0.0349. The van der Waals surface area contributed by atoms with Crippen LogP contribution < -0.4 is 14.4 Å². The van der Waals surface area contributed by atoms with E-state index in [-0.39, 0.29) is 12.0 Å². The fourth-order valence-corrected chi connectivity index (χ4v) is 4.70. The molecular weight excluding hydrogens is 374 g/mol. The number of benzene rings is 1. The third kappa shape index (κ3) is 4.19. The predicted octanol–water partition coefficient (Wildman–Crippen LogP) is 2.94. The average Bonchev–Trinajstić information content (AvgIpc) is 3.26. The minimum Gasteiger partial charge on any atom is -0.495 e. The summed E-state index contributed by atoms with van der Waals surface area (Å²) in [6.07, 6.45) is 2.90. The van der Waals surface area contributed by atoms with Gasteiger partial charge in [-0.3, -0.25) is 4.79 Å². The number of thioether (sulfide) groups is 1. The molecule has 2 aliphatic heterocycles. The maximum atomic E-state index is 13.0. The number of hydrogen-bond donors (Lipinski definition) is 0. The van der Waals surface area contributed by atoms with Crippen LogP contribution in [0.5, 0.6) is 11.6 Å². The number of piperazine rings is 1. The zero-order chi connectivity index (χ0) is 19.3. The molecule has 148 valence electrons. The summed E-state index contributed by atoms with van der Waals surface area (Å²) in [5.74, 6) is 3.56. The summed E-state index contributed by atoms with van der Waals surface area (Å²) < 4.78 is 11.4. The zero-order valence-corrected chi connectivity index (χ0v) is 16.9. The van der Waals surface area contributed by atoms with Gasteiger partial charge in [0.15, 0.2) is 0 Å². The number of carbonyl (C=O) groups excluding carboxylic acids is 1. The number of aromatic nitrogens is 1. The van der Waals surface area contributed by atoms with Gasteiger partial charge in [-0.2, -0.15) is 11.8 Å². The first kappa shape index (κ1) is 18.9. The van der Waals surface area contributed by atoms with Crippen molar-refractivity contribution in [2.24, 2.45) is 0 Å². The summed E-state index contributed by atoms with van der Waals surface area (Å²) in [4.78, 5) is 21.4. The van der Waals surface area contributed by atoms with Gasteiger partial charge in [-0.1, -0.05) is 12.1 Å². The number of amides is 1. The molecule has 1 aromatic carbocycles. The second-order valence-corrected chi connectivity index (χ2v) is 8.09. The Morgan fingerprint density at radius 1 is 1.18 bits per heavy atom. The molecule has 2 aromatic rings. The fourth-order valence-electron chi connectivity index (χ4n) is 3.61. The number of rotatable bonds is 5. The lowest BCUT2D eigenvalue weighted by molar-refractivity contribution is 0.0745. The first-order valence-corrected chi connectivity index (χ1v) is 10.8. The van der Waals surface area contributed by atoms with Crippen LogP contribution in [0.2, 0.25) is 0 Å². The molecule has 2 fully saturated rings. The molecule has 2 aliphatic rings. The highest BCUT2D eigenvalue weighted by Crippen LogP contribution is 2.28. The van der Waals surface area contributed by atoms with E-state index in [4.69, 9.17) is 9.47 Å². The zero-order valence-electron chi connectivity index (χ0n) is 16.0. The van der Waals surface area contributed by atoms with Crippen LogP contribution in [-0.2, 0) is 0 Å². The standard InChI is InChI=1S/C21H25N3O3S/c1-26-19-5-3-2-4-18(19)23-9-11-24(12-10-23)21(25)16-6-8-22-20(14-16)27-17-7-13-28-15-17/h2-6,8,14,17H,7,9-13,15H2,1H3/t17-/m0/s1. The van der Waals surface area contributed by atoms with Gasteiger partial charge in [-0.25, -0.2) is 4.98 Å². The predicted molar refractivity (Wildman–Crippen MR) is 112 cm³/mol. The fraction of sp³-hybridized carbons (Fsp3) is 0.429. The summed E-state index contributed by atoms with van der Waals surface area (Å²) in [6.45, 7) is 2.91. The molecule has 1 aromatic heterocycles. The number of pyridine rings is 1. The Balaban J connectivity index is 1.38. The number of hydrogen-bond acceptors (Lipinski definition) is 6. The third-order valence-corrected chi connectivity index (χ3v) is 6.28. The minimum absolute atomic E-state index is 0.0349. The number of carbonyl (C=O) groups is 1. The Morgan fingerprint density at radius 3 is 2.75 bits per heavy atom. The highest BCUT2D eigenvalue weighted by Gasteiger charge is 2.24. The van der Waals surface area contributed by atoms with E-state index in [2.05, 4.69) is 16.0 Å². The lowest BCUT2D eigenvalue weighted by Gasteiger charge is -2.36. The van der Waals surface area contributed by atoms with Gasteiger partial charge in [-0.15, -0.1) is 0 Å². The quantitative estimate of drug-likeness (QED) is 0.771. The van der Waals surface area contributed by atoms with Crippen molar-refractivity contribution in [1.82, 2.24) is 9.88 Å². The second kappa shape index (κ2) is 8.73. The smallest absolute Gasteiger partial charge is 0.254 e. The van der Waals surface area contributed by atoms with E-state index in [1.165, 1.54) is 0 Å².